The molecular weight excluding hydrogens is 400 g/mol. The van der Waals surface area contributed by atoms with E-state index in [1.165, 1.54) is 4.31 Å². The number of nitrogens with zero attached hydrogens (tertiary/aromatic N) is 1. The van der Waals surface area contributed by atoms with Gasteiger partial charge in [0.25, 0.3) is 0 Å². The molecule has 0 aliphatic carbocycles. The molecular formula is C20H25ClN2O4S. The summed E-state index contributed by atoms with van der Waals surface area (Å²) in [6.07, 6.45) is 1.72. The molecule has 0 aliphatic rings. The molecule has 1 N–H and O–H groups in total. The lowest BCUT2D eigenvalue weighted by Gasteiger charge is -2.23. The van der Waals surface area contributed by atoms with Gasteiger partial charge in [0.05, 0.1) is 25.1 Å². The summed E-state index contributed by atoms with van der Waals surface area (Å²) in [5, 5.41) is 3.38. The van der Waals surface area contributed by atoms with Crippen molar-refractivity contribution in [2.75, 3.05) is 24.2 Å². The number of anilines is 1. The van der Waals surface area contributed by atoms with Crippen LogP contribution in [0.15, 0.2) is 48.5 Å². The third-order valence-electron chi connectivity index (χ3n) is 4.24. The van der Waals surface area contributed by atoms with E-state index in [1.807, 2.05) is 31.2 Å². The van der Waals surface area contributed by atoms with Crippen LogP contribution < -0.4 is 14.4 Å². The Labute approximate surface area is 171 Å². The van der Waals surface area contributed by atoms with Crippen LogP contribution in [-0.2, 0) is 14.8 Å². The summed E-state index contributed by atoms with van der Waals surface area (Å²) in [5.41, 5.74) is 1.37. The summed E-state index contributed by atoms with van der Waals surface area (Å²) in [5.74, 6) is 0.553. The van der Waals surface area contributed by atoms with Crippen LogP contribution in [-0.4, -0.2) is 34.2 Å². The summed E-state index contributed by atoms with van der Waals surface area (Å²) in [4.78, 5) is 12.3. The number of carbonyl (C=O) groups is 1. The average Bonchev–Trinajstić information content (AvgIpc) is 2.64. The van der Waals surface area contributed by atoms with E-state index in [0.29, 0.717) is 22.9 Å². The molecule has 0 saturated carbocycles. The molecule has 0 unspecified atom stereocenters. The lowest BCUT2D eigenvalue weighted by Crippen LogP contribution is -2.32. The highest BCUT2D eigenvalue weighted by Gasteiger charge is 2.19. The van der Waals surface area contributed by atoms with Crippen LogP contribution in [0.2, 0.25) is 5.02 Å². The molecule has 152 valence electrons. The number of methoxy groups -OCH3 is 1. The zero-order chi connectivity index (χ0) is 20.7. The van der Waals surface area contributed by atoms with E-state index in [-0.39, 0.29) is 24.9 Å². The lowest BCUT2D eigenvalue weighted by atomic mass is 10.1. The predicted molar refractivity (Wildman–Crippen MR) is 112 cm³/mol. The van der Waals surface area contributed by atoms with Crippen LogP contribution in [0.25, 0.3) is 0 Å². The fourth-order valence-corrected chi connectivity index (χ4v) is 4.06. The first-order chi connectivity index (χ1) is 13.2. The molecule has 0 heterocycles. The van der Waals surface area contributed by atoms with E-state index in [4.69, 9.17) is 16.3 Å². The van der Waals surface area contributed by atoms with E-state index >= 15 is 0 Å². The Morgan fingerprint density at radius 2 is 1.93 bits per heavy atom. The molecule has 0 aromatic heterocycles. The summed E-state index contributed by atoms with van der Waals surface area (Å²) < 4.78 is 30.8. The van der Waals surface area contributed by atoms with Crippen LogP contribution in [0.4, 0.5) is 5.69 Å². The molecule has 2 aromatic carbocycles. The highest BCUT2D eigenvalue weighted by atomic mass is 35.5. The highest BCUT2D eigenvalue weighted by molar-refractivity contribution is 7.92. The van der Waals surface area contributed by atoms with E-state index in [2.05, 4.69) is 5.32 Å². The van der Waals surface area contributed by atoms with Crippen LogP contribution >= 0.6 is 11.6 Å². The molecule has 1 amide bonds. The molecule has 8 heteroatoms. The van der Waals surface area contributed by atoms with Crippen LogP contribution in [0.5, 0.6) is 5.75 Å². The third kappa shape index (κ3) is 6.14. The van der Waals surface area contributed by atoms with Gasteiger partial charge >= 0.3 is 0 Å². The molecule has 28 heavy (non-hydrogen) atoms. The van der Waals surface area contributed by atoms with Crippen LogP contribution in [0, 0.1) is 0 Å². The minimum absolute atomic E-state index is 0.155. The van der Waals surface area contributed by atoms with Gasteiger partial charge in [-0.15, -0.1) is 0 Å². The number of benzene rings is 2. The number of rotatable bonds is 9. The average molecular weight is 425 g/mol. The van der Waals surface area contributed by atoms with Crippen molar-refractivity contribution in [2.24, 2.45) is 0 Å². The van der Waals surface area contributed by atoms with Gasteiger partial charge < -0.3 is 10.1 Å². The van der Waals surface area contributed by atoms with Crippen molar-refractivity contribution in [2.45, 2.75) is 25.8 Å². The standard InChI is InChI=1S/C20H25ClN2O4S/c1-15(18-10-4-5-11-19(18)27-2)22-20(24)12-7-13-23(28(3,25)26)17-9-6-8-16(21)14-17/h4-6,8-11,14-15H,7,12-13H2,1-3H3,(H,22,24)/t15-/m1/s1. The maximum atomic E-state index is 12.3. The maximum absolute atomic E-state index is 12.3. The third-order valence-corrected chi connectivity index (χ3v) is 5.67. The Morgan fingerprint density at radius 1 is 1.21 bits per heavy atom. The topological polar surface area (TPSA) is 75.7 Å². The largest absolute Gasteiger partial charge is 0.496 e. The molecule has 1 atom stereocenters. The van der Waals surface area contributed by atoms with Crippen molar-refractivity contribution in [3.8, 4) is 5.75 Å². The summed E-state index contributed by atoms with van der Waals surface area (Å²) in [6.45, 7) is 2.07. The van der Waals surface area contributed by atoms with Gasteiger partial charge in [0.1, 0.15) is 5.75 Å². The first kappa shape index (κ1) is 22.0. The lowest BCUT2D eigenvalue weighted by molar-refractivity contribution is -0.121. The van der Waals surface area contributed by atoms with Crippen molar-refractivity contribution >= 4 is 33.2 Å². The van der Waals surface area contributed by atoms with Gasteiger partial charge in [0.2, 0.25) is 15.9 Å². The van der Waals surface area contributed by atoms with E-state index in [0.717, 1.165) is 11.8 Å². The van der Waals surface area contributed by atoms with Crippen molar-refractivity contribution < 1.29 is 17.9 Å². The Hall–Kier alpha value is -2.25. The molecule has 2 aromatic rings. The van der Waals surface area contributed by atoms with Crippen molar-refractivity contribution in [1.29, 1.82) is 0 Å². The molecule has 0 radical (unpaired) electrons. The van der Waals surface area contributed by atoms with Crippen molar-refractivity contribution in [3.63, 3.8) is 0 Å². The summed E-state index contributed by atoms with van der Waals surface area (Å²) in [7, 11) is -1.89. The number of hydrogen-bond acceptors (Lipinski definition) is 4. The summed E-state index contributed by atoms with van der Waals surface area (Å²) >= 11 is 5.97. The van der Waals surface area contributed by atoms with Crippen LogP contribution in [0.1, 0.15) is 31.4 Å². The number of sulfonamides is 1. The van der Waals surface area contributed by atoms with E-state index in [9.17, 15) is 13.2 Å². The first-order valence-corrected chi connectivity index (χ1v) is 11.1. The smallest absolute Gasteiger partial charge is 0.232 e. The number of ether oxygens (including phenoxy) is 1. The molecule has 0 aliphatic heterocycles. The molecule has 2 rings (SSSR count). The first-order valence-electron chi connectivity index (χ1n) is 8.88. The fraction of sp³-hybridized carbons (Fsp3) is 0.350. The Morgan fingerprint density at radius 3 is 2.57 bits per heavy atom. The van der Waals surface area contributed by atoms with Gasteiger partial charge in [-0.25, -0.2) is 8.42 Å². The second-order valence-corrected chi connectivity index (χ2v) is 8.79. The van der Waals surface area contributed by atoms with Gasteiger partial charge in [-0.05, 0) is 37.6 Å². The van der Waals surface area contributed by atoms with Gasteiger partial charge in [0.15, 0.2) is 0 Å². The molecule has 0 saturated heterocycles. The quantitative estimate of drug-likeness (QED) is 0.664. The minimum Gasteiger partial charge on any atom is -0.496 e. The van der Waals surface area contributed by atoms with Gasteiger partial charge in [-0.1, -0.05) is 35.9 Å². The van der Waals surface area contributed by atoms with E-state index in [1.54, 1.807) is 31.4 Å². The normalized spacial score (nSPS) is 12.3. The minimum atomic E-state index is -3.48. The van der Waals surface area contributed by atoms with Gasteiger partial charge in [-0.3, -0.25) is 9.10 Å². The number of nitrogens with one attached hydrogen (secondary N) is 1. The maximum Gasteiger partial charge on any atom is 0.232 e. The van der Waals surface area contributed by atoms with Gasteiger partial charge in [-0.2, -0.15) is 0 Å². The second kappa shape index (κ2) is 9.80. The molecule has 0 bridgehead atoms. The van der Waals surface area contributed by atoms with Crippen molar-refractivity contribution in [1.82, 2.24) is 5.32 Å². The predicted octanol–water partition coefficient (Wildman–Crippen LogP) is 3.77. The van der Waals surface area contributed by atoms with Crippen molar-refractivity contribution in [3.05, 3.63) is 59.1 Å². The summed E-state index contributed by atoms with van der Waals surface area (Å²) in [6, 6.07) is 13.9. The molecule has 0 fully saturated rings. The SMILES string of the molecule is COc1ccccc1[C@@H](C)NC(=O)CCCN(c1cccc(Cl)c1)S(C)(=O)=O. The number of carbonyl (C=O) groups excluding carboxylic acids is 1. The number of para-hydroxylation sites is 1. The number of halogens is 1. The monoisotopic (exact) mass is 424 g/mol. The zero-order valence-electron chi connectivity index (χ0n) is 16.2. The Kier molecular flexibility index (Phi) is 7.71. The zero-order valence-corrected chi connectivity index (χ0v) is 17.8. The Bertz CT molecular complexity index is 918. The second-order valence-electron chi connectivity index (χ2n) is 6.45. The highest BCUT2D eigenvalue weighted by Crippen LogP contribution is 2.25. The number of amides is 1. The van der Waals surface area contributed by atoms with Crippen LogP contribution in [0.3, 0.4) is 0 Å². The molecule has 6 nitrogen and oxygen atoms in total. The number of hydrogen-bond donors (Lipinski definition) is 1. The fourth-order valence-electron chi connectivity index (χ4n) is 2.92. The molecule has 0 spiro atoms. The Balaban J connectivity index is 1.96. The van der Waals surface area contributed by atoms with E-state index < -0.39 is 10.0 Å². The van der Waals surface area contributed by atoms with Gasteiger partial charge in [0, 0.05) is 23.6 Å².